The Balaban J connectivity index is 2.17. The second kappa shape index (κ2) is 9.67. The predicted molar refractivity (Wildman–Crippen MR) is 113 cm³/mol. The first-order valence-electron chi connectivity index (χ1n) is 9.34. The highest BCUT2D eigenvalue weighted by Crippen LogP contribution is 2.16. The van der Waals surface area contributed by atoms with Crippen LogP contribution in [0.5, 0.6) is 0 Å². The second-order valence-corrected chi connectivity index (χ2v) is 8.98. The molecule has 2 aromatic carbocycles. The first-order chi connectivity index (χ1) is 13.6. The van der Waals surface area contributed by atoms with Gasteiger partial charge in [0.1, 0.15) is 6.04 Å². The Morgan fingerprint density at radius 1 is 0.966 bits per heavy atom. The summed E-state index contributed by atoms with van der Waals surface area (Å²) in [4.78, 5) is 24.5. The largest absolute Gasteiger partial charge is 0.355 e. The van der Waals surface area contributed by atoms with E-state index in [1.807, 2.05) is 20.8 Å². The minimum atomic E-state index is -3.84. The molecule has 0 unspecified atom stereocenters. The molecule has 29 heavy (non-hydrogen) atoms. The number of rotatable bonds is 8. The summed E-state index contributed by atoms with van der Waals surface area (Å²) >= 11 is 0. The van der Waals surface area contributed by atoms with E-state index in [4.69, 9.17) is 0 Å². The fraction of sp³-hybridized carbons (Fsp3) is 0.333. The van der Waals surface area contributed by atoms with E-state index in [1.165, 1.54) is 19.2 Å². The highest BCUT2D eigenvalue weighted by atomic mass is 32.2. The van der Waals surface area contributed by atoms with Crippen molar-refractivity contribution in [1.29, 1.82) is 0 Å². The summed E-state index contributed by atoms with van der Waals surface area (Å²) < 4.78 is 27.9. The van der Waals surface area contributed by atoms with Gasteiger partial charge in [0.2, 0.25) is 15.9 Å². The number of amides is 2. The van der Waals surface area contributed by atoms with Gasteiger partial charge in [-0.05, 0) is 55.7 Å². The number of nitrogens with one attached hydrogen (secondary N) is 3. The lowest BCUT2D eigenvalue weighted by molar-refractivity contribution is -0.118. The van der Waals surface area contributed by atoms with Crippen LogP contribution in [0.25, 0.3) is 0 Å². The van der Waals surface area contributed by atoms with Gasteiger partial charge in [-0.3, -0.25) is 9.59 Å². The normalized spacial score (nSPS) is 12.4. The number of aryl methyl sites for hydroxylation is 1. The Kier molecular flexibility index (Phi) is 7.53. The van der Waals surface area contributed by atoms with E-state index in [0.29, 0.717) is 17.7 Å². The molecular weight excluding hydrogens is 390 g/mol. The number of benzene rings is 2. The zero-order valence-corrected chi connectivity index (χ0v) is 17.8. The van der Waals surface area contributed by atoms with Crippen LogP contribution in [0.4, 0.5) is 5.69 Å². The molecule has 0 spiro atoms. The van der Waals surface area contributed by atoms with E-state index in [-0.39, 0.29) is 16.7 Å². The smallest absolute Gasteiger partial charge is 0.251 e. The predicted octanol–water partition coefficient (Wildman–Crippen LogP) is 2.69. The van der Waals surface area contributed by atoms with E-state index in [0.717, 1.165) is 5.56 Å². The van der Waals surface area contributed by atoms with Gasteiger partial charge in [0.15, 0.2) is 0 Å². The molecule has 3 N–H and O–H groups in total. The van der Waals surface area contributed by atoms with Crippen LogP contribution in [0, 0.1) is 12.8 Å². The quantitative estimate of drug-likeness (QED) is 0.614. The van der Waals surface area contributed by atoms with Crippen LogP contribution in [0.1, 0.15) is 36.2 Å². The molecule has 1 atom stereocenters. The van der Waals surface area contributed by atoms with Gasteiger partial charge in [0.25, 0.3) is 5.91 Å². The lowest BCUT2D eigenvalue weighted by Crippen LogP contribution is -2.44. The maximum Gasteiger partial charge on any atom is 0.251 e. The number of sulfonamides is 1. The molecule has 0 radical (unpaired) electrons. The molecule has 0 aromatic heterocycles. The van der Waals surface area contributed by atoms with Crippen molar-refractivity contribution in [2.45, 2.75) is 38.1 Å². The van der Waals surface area contributed by atoms with Gasteiger partial charge in [0, 0.05) is 18.3 Å². The molecule has 2 aromatic rings. The number of carbonyl (C=O) groups is 2. The van der Waals surface area contributed by atoms with Crippen molar-refractivity contribution in [3.05, 3.63) is 59.7 Å². The molecule has 0 aliphatic heterocycles. The van der Waals surface area contributed by atoms with Gasteiger partial charge in [-0.25, -0.2) is 8.42 Å². The van der Waals surface area contributed by atoms with Crippen LogP contribution in [0.2, 0.25) is 0 Å². The lowest BCUT2D eigenvalue weighted by atomic mass is 10.0. The molecule has 0 aliphatic rings. The Morgan fingerprint density at radius 3 is 2.07 bits per heavy atom. The van der Waals surface area contributed by atoms with Crippen LogP contribution in [0.3, 0.4) is 0 Å². The summed E-state index contributed by atoms with van der Waals surface area (Å²) in [6.07, 6.45) is 0.341. The van der Waals surface area contributed by atoms with Crippen LogP contribution in [0.15, 0.2) is 53.4 Å². The SMILES string of the molecule is CNC(=O)c1ccc(NC(=O)[C@H](CC(C)C)NS(=O)(=O)c2ccc(C)cc2)cc1. The molecule has 0 aliphatic carbocycles. The van der Waals surface area contributed by atoms with Gasteiger partial charge in [-0.15, -0.1) is 0 Å². The third kappa shape index (κ3) is 6.40. The van der Waals surface area contributed by atoms with Crippen molar-refractivity contribution in [3.8, 4) is 0 Å². The monoisotopic (exact) mass is 417 g/mol. The number of anilines is 1. The minimum Gasteiger partial charge on any atom is -0.355 e. The first kappa shape index (κ1) is 22.6. The van der Waals surface area contributed by atoms with Crippen molar-refractivity contribution in [1.82, 2.24) is 10.0 Å². The molecule has 0 saturated heterocycles. The average molecular weight is 418 g/mol. The van der Waals surface area contributed by atoms with E-state index in [9.17, 15) is 18.0 Å². The van der Waals surface area contributed by atoms with Crippen molar-refractivity contribution < 1.29 is 18.0 Å². The van der Waals surface area contributed by atoms with E-state index in [2.05, 4.69) is 15.4 Å². The maximum atomic E-state index is 12.8. The van der Waals surface area contributed by atoms with Crippen molar-refractivity contribution in [2.24, 2.45) is 5.92 Å². The number of hydrogen-bond donors (Lipinski definition) is 3. The van der Waals surface area contributed by atoms with Crippen LogP contribution in [-0.4, -0.2) is 33.3 Å². The standard InChI is InChI=1S/C21H27N3O4S/c1-14(2)13-19(24-29(27,28)18-11-5-15(3)6-12-18)21(26)23-17-9-7-16(8-10-17)20(25)22-4/h5-12,14,19,24H,13H2,1-4H3,(H,22,25)(H,23,26)/t19-/m0/s1. The summed E-state index contributed by atoms with van der Waals surface area (Å²) in [6, 6.07) is 11.9. The van der Waals surface area contributed by atoms with Gasteiger partial charge < -0.3 is 10.6 Å². The van der Waals surface area contributed by atoms with Gasteiger partial charge in [-0.2, -0.15) is 4.72 Å². The van der Waals surface area contributed by atoms with E-state index in [1.54, 1.807) is 36.4 Å². The summed E-state index contributed by atoms with van der Waals surface area (Å²) in [5.41, 5.74) is 1.89. The van der Waals surface area contributed by atoms with Gasteiger partial charge in [-0.1, -0.05) is 31.5 Å². The Hall–Kier alpha value is -2.71. The molecule has 8 heteroatoms. The van der Waals surface area contributed by atoms with Crippen LogP contribution in [-0.2, 0) is 14.8 Å². The lowest BCUT2D eigenvalue weighted by Gasteiger charge is -2.20. The molecule has 2 amide bonds. The summed E-state index contributed by atoms with van der Waals surface area (Å²) in [5, 5.41) is 5.24. The highest BCUT2D eigenvalue weighted by Gasteiger charge is 2.26. The molecule has 0 saturated carbocycles. The minimum absolute atomic E-state index is 0.0992. The van der Waals surface area contributed by atoms with Crippen LogP contribution >= 0.6 is 0 Å². The topological polar surface area (TPSA) is 104 Å². The van der Waals surface area contributed by atoms with Gasteiger partial charge >= 0.3 is 0 Å². The molecule has 0 bridgehead atoms. The third-order valence-electron chi connectivity index (χ3n) is 4.29. The molecule has 7 nitrogen and oxygen atoms in total. The number of hydrogen-bond acceptors (Lipinski definition) is 4. The third-order valence-corrected chi connectivity index (χ3v) is 5.78. The summed E-state index contributed by atoms with van der Waals surface area (Å²) in [7, 11) is -2.31. The molecule has 156 valence electrons. The Labute approximate surface area is 172 Å². The maximum absolute atomic E-state index is 12.8. The second-order valence-electron chi connectivity index (χ2n) is 7.26. The summed E-state index contributed by atoms with van der Waals surface area (Å²) in [5.74, 6) is -0.587. The summed E-state index contributed by atoms with van der Waals surface area (Å²) in [6.45, 7) is 5.70. The highest BCUT2D eigenvalue weighted by molar-refractivity contribution is 7.89. The first-order valence-corrected chi connectivity index (χ1v) is 10.8. The van der Waals surface area contributed by atoms with Gasteiger partial charge in [0.05, 0.1) is 4.90 Å². The zero-order chi connectivity index (χ0) is 21.6. The Morgan fingerprint density at radius 2 is 1.55 bits per heavy atom. The molecule has 2 rings (SSSR count). The number of carbonyl (C=O) groups excluding carboxylic acids is 2. The van der Waals surface area contributed by atoms with E-state index >= 15 is 0 Å². The molecule has 0 heterocycles. The molecule has 0 fully saturated rings. The van der Waals surface area contributed by atoms with Crippen molar-refractivity contribution in [2.75, 3.05) is 12.4 Å². The Bertz CT molecular complexity index is 952. The fourth-order valence-electron chi connectivity index (χ4n) is 2.73. The van der Waals surface area contributed by atoms with Crippen LogP contribution < -0.4 is 15.4 Å². The molecular formula is C21H27N3O4S. The van der Waals surface area contributed by atoms with E-state index < -0.39 is 22.0 Å². The van der Waals surface area contributed by atoms with Crippen molar-refractivity contribution >= 4 is 27.5 Å². The fourth-order valence-corrected chi connectivity index (χ4v) is 3.94. The average Bonchev–Trinajstić information content (AvgIpc) is 2.67. The zero-order valence-electron chi connectivity index (χ0n) is 17.0. The van der Waals surface area contributed by atoms with Crippen molar-refractivity contribution in [3.63, 3.8) is 0 Å².